The standard InChI is InChI=1S/C13H25N3O/c1-4-12(5-2)16-10-9-15-13(16)14-8-7-11-17-6-3/h9-10,12H,4-8,11H2,1-3H3,(H,14,15). The Bertz CT molecular complexity index is 295. The molecule has 4 nitrogen and oxygen atoms in total. The summed E-state index contributed by atoms with van der Waals surface area (Å²) in [6.07, 6.45) is 7.22. The molecule has 1 aromatic rings. The monoisotopic (exact) mass is 239 g/mol. The van der Waals surface area contributed by atoms with Gasteiger partial charge in [-0.15, -0.1) is 0 Å². The second-order valence-corrected chi connectivity index (χ2v) is 4.11. The van der Waals surface area contributed by atoms with E-state index in [1.165, 1.54) is 0 Å². The second kappa shape index (κ2) is 8.12. The number of nitrogens with one attached hydrogen (secondary N) is 1. The van der Waals surface area contributed by atoms with E-state index in [1.807, 2.05) is 13.1 Å². The van der Waals surface area contributed by atoms with Crippen LogP contribution in [0.25, 0.3) is 0 Å². The Hall–Kier alpha value is -1.03. The summed E-state index contributed by atoms with van der Waals surface area (Å²) in [6.45, 7) is 8.97. The first-order valence-corrected chi connectivity index (χ1v) is 6.67. The zero-order valence-electron chi connectivity index (χ0n) is 11.3. The average Bonchev–Trinajstić information content (AvgIpc) is 2.79. The van der Waals surface area contributed by atoms with Gasteiger partial charge in [-0.25, -0.2) is 4.98 Å². The maximum Gasteiger partial charge on any atom is 0.203 e. The lowest BCUT2D eigenvalue weighted by atomic mass is 10.2. The van der Waals surface area contributed by atoms with Crippen LogP contribution in [-0.2, 0) is 4.74 Å². The molecule has 1 heterocycles. The summed E-state index contributed by atoms with van der Waals surface area (Å²) >= 11 is 0. The predicted octanol–water partition coefficient (Wildman–Crippen LogP) is 3.08. The molecule has 0 bridgehead atoms. The van der Waals surface area contributed by atoms with Crippen LogP contribution in [0.4, 0.5) is 5.95 Å². The molecule has 0 atom stereocenters. The molecular formula is C13H25N3O. The van der Waals surface area contributed by atoms with Crippen molar-refractivity contribution in [2.45, 2.75) is 46.1 Å². The highest BCUT2D eigenvalue weighted by atomic mass is 16.5. The molecule has 0 amide bonds. The number of hydrogen-bond acceptors (Lipinski definition) is 3. The zero-order valence-corrected chi connectivity index (χ0v) is 11.3. The molecule has 0 saturated heterocycles. The fourth-order valence-corrected chi connectivity index (χ4v) is 1.95. The summed E-state index contributed by atoms with van der Waals surface area (Å²) in [7, 11) is 0. The van der Waals surface area contributed by atoms with Crippen LogP contribution in [0.2, 0.25) is 0 Å². The molecule has 98 valence electrons. The van der Waals surface area contributed by atoms with Crippen molar-refractivity contribution in [2.75, 3.05) is 25.1 Å². The number of ether oxygens (including phenoxy) is 1. The lowest BCUT2D eigenvalue weighted by Gasteiger charge is -2.17. The minimum atomic E-state index is 0.548. The Morgan fingerprint density at radius 3 is 2.76 bits per heavy atom. The van der Waals surface area contributed by atoms with Gasteiger partial charge in [0.2, 0.25) is 5.95 Å². The number of rotatable bonds is 9. The van der Waals surface area contributed by atoms with Gasteiger partial charge in [0, 0.05) is 38.2 Å². The van der Waals surface area contributed by atoms with Gasteiger partial charge in [0.1, 0.15) is 0 Å². The van der Waals surface area contributed by atoms with Crippen molar-refractivity contribution in [1.29, 1.82) is 0 Å². The van der Waals surface area contributed by atoms with Gasteiger partial charge in [-0.3, -0.25) is 0 Å². The summed E-state index contributed by atoms with van der Waals surface area (Å²) < 4.78 is 7.54. The Morgan fingerprint density at radius 1 is 1.35 bits per heavy atom. The van der Waals surface area contributed by atoms with E-state index < -0.39 is 0 Å². The minimum absolute atomic E-state index is 0.548. The lowest BCUT2D eigenvalue weighted by molar-refractivity contribution is 0.147. The highest BCUT2D eigenvalue weighted by molar-refractivity contribution is 5.26. The van der Waals surface area contributed by atoms with Gasteiger partial charge in [-0.1, -0.05) is 13.8 Å². The third kappa shape index (κ3) is 4.38. The van der Waals surface area contributed by atoms with Gasteiger partial charge in [0.05, 0.1) is 0 Å². The Morgan fingerprint density at radius 2 is 2.12 bits per heavy atom. The minimum Gasteiger partial charge on any atom is -0.382 e. The largest absolute Gasteiger partial charge is 0.382 e. The Balaban J connectivity index is 2.40. The summed E-state index contributed by atoms with van der Waals surface area (Å²) in [5.74, 6) is 0.982. The second-order valence-electron chi connectivity index (χ2n) is 4.11. The maximum absolute atomic E-state index is 5.31. The normalized spacial score (nSPS) is 11.1. The van der Waals surface area contributed by atoms with Crippen molar-refractivity contribution in [3.63, 3.8) is 0 Å². The molecule has 0 spiro atoms. The van der Waals surface area contributed by atoms with E-state index in [2.05, 4.69) is 34.9 Å². The number of imidazole rings is 1. The summed E-state index contributed by atoms with van der Waals surface area (Å²) in [5.41, 5.74) is 0. The molecule has 1 rings (SSSR count). The molecule has 1 N–H and O–H groups in total. The van der Waals surface area contributed by atoms with Gasteiger partial charge in [-0.2, -0.15) is 0 Å². The van der Waals surface area contributed by atoms with E-state index in [-0.39, 0.29) is 0 Å². The fraction of sp³-hybridized carbons (Fsp3) is 0.769. The molecule has 0 radical (unpaired) electrons. The van der Waals surface area contributed by atoms with E-state index in [9.17, 15) is 0 Å². The first-order valence-electron chi connectivity index (χ1n) is 6.67. The number of aromatic nitrogens is 2. The van der Waals surface area contributed by atoms with Crippen molar-refractivity contribution < 1.29 is 4.74 Å². The lowest BCUT2D eigenvalue weighted by Crippen LogP contribution is -2.13. The highest BCUT2D eigenvalue weighted by Crippen LogP contribution is 2.19. The zero-order chi connectivity index (χ0) is 12.5. The number of anilines is 1. The van der Waals surface area contributed by atoms with Crippen LogP contribution in [0.1, 0.15) is 46.1 Å². The molecule has 0 aliphatic carbocycles. The number of hydrogen-bond donors (Lipinski definition) is 1. The van der Waals surface area contributed by atoms with Gasteiger partial charge < -0.3 is 14.6 Å². The van der Waals surface area contributed by atoms with E-state index in [1.54, 1.807) is 0 Å². The van der Waals surface area contributed by atoms with Gasteiger partial charge in [0.25, 0.3) is 0 Å². The quantitative estimate of drug-likeness (QED) is 0.673. The molecule has 0 aliphatic rings. The van der Waals surface area contributed by atoms with Crippen LogP contribution in [0.15, 0.2) is 12.4 Å². The average molecular weight is 239 g/mol. The van der Waals surface area contributed by atoms with Crippen LogP contribution in [0.3, 0.4) is 0 Å². The van der Waals surface area contributed by atoms with Crippen molar-refractivity contribution >= 4 is 5.95 Å². The van der Waals surface area contributed by atoms with Gasteiger partial charge in [-0.05, 0) is 26.2 Å². The maximum atomic E-state index is 5.31. The van der Waals surface area contributed by atoms with E-state index in [0.29, 0.717) is 6.04 Å². The van der Waals surface area contributed by atoms with Crippen LogP contribution in [-0.4, -0.2) is 29.3 Å². The molecule has 1 aromatic heterocycles. The molecule has 0 aromatic carbocycles. The van der Waals surface area contributed by atoms with E-state index >= 15 is 0 Å². The molecule has 17 heavy (non-hydrogen) atoms. The first-order chi connectivity index (χ1) is 8.33. The predicted molar refractivity (Wildman–Crippen MR) is 71.4 cm³/mol. The highest BCUT2D eigenvalue weighted by Gasteiger charge is 2.09. The summed E-state index contributed by atoms with van der Waals surface area (Å²) in [5, 5.41) is 3.37. The van der Waals surface area contributed by atoms with Crippen LogP contribution < -0.4 is 5.32 Å². The third-order valence-electron chi connectivity index (χ3n) is 2.96. The molecule has 0 unspecified atom stereocenters. The molecular weight excluding hydrogens is 214 g/mol. The van der Waals surface area contributed by atoms with Crippen molar-refractivity contribution in [2.24, 2.45) is 0 Å². The Labute approximate surface area is 104 Å². The molecule has 0 saturated carbocycles. The number of nitrogens with zero attached hydrogens (tertiary/aromatic N) is 2. The SMILES string of the molecule is CCOCCCNc1nccn1C(CC)CC. The Kier molecular flexibility index (Phi) is 6.70. The van der Waals surface area contributed by atoms with Crippen LogP contribution in [0.5, 0.6) is 0 Å². The fourth-order valence-electron chi connectivity index (χ4n) is 1.95. The van der Waals surface area contributed by atoms with E-state index in [0.717, 1.165) is 45.0 Å². The smallest absolute Gasteiger partial charge is 0.203 e. The topological polar surface area (TPSA) is 39.1 Å². The summed E-state index contributed by atoms with van der Waals surface area (Å²) in [4.78, 5) is 4.36. The van der Waals surface area contributed by atoms with Crippen molar-refractivity contribution in [3.05, 3.63) is 12.4 Å². The van der Waals surface area contributed by atoms with Gasteiger partial charge >= 0.3 is 0 Å². The van der Waals surface area contributed by atoms with E-state index in [4.69, 9.17) is 4.74 Å². The molecule has 4 heteroatoms. The third-order valence-corrected chi connectivity index (χ3v) is 2.96. The van der Waals surface area contributed by atoms with Crippen molar-refractivity contribution in [1.82, 2.24) is 9.55 Å². The van der Waals surface area contributed by atoms with Crippen LogP contribution >= 0.6 is 0 Å². The summed E-state index contributed by atoms with van der Waals surface area (Å²) in [6, 6.07) is 0.548. The first kappa shape index (κ1) is 14.0. The molecule has 0 aliphatic heterocycles. The molecule has 0 fully saturated rings. The van der Waals surface area contributed by atoms with Gasteiger partial charge in [0.15, 0.2) is 0 Å². The van der Waals surface area contributed by atoms with Crippen LogP contribution in [0, 0.1) is 0 Å². The van der Waals surface area contributed by atoms with Crippen molar-refractivity contribution in [3.8, 4) is 0 Å².